The topological polar surface area (TPSA) is 76.7 Å². The minimum atomic E-state index is -0.0268. The van der Waals surface area contributed by atoms with Gasteiger partial charge in [-0.05, 0) is 42.9 Å². The molecule has 0 unspecified atom stereocenters. The summed E-state index contributed by atoms with van der Waals surface area (Å²) in [5, 5.41) is 6.31. The van der Waals surface area contributed by atoms with Crippen LogP contribution in [0.3, 0.4) is 0 Å². The van der Waals surface area contributed by atoms with E-state index < -0.39 is 0 Å². The number of methoxy groups -OCH3 is 2. The highest BCUT2D eigenvalue weighted by atomic mass is 35.5. The van der Waals surface area contributed by atoms with E-state index in [1.165, 1.54) is 5.56 Å². The van der Waals surface area contributed by atoms with Gasteiger partial charge in [-0.25, -0.2) is 0 Å². The van der Waals surface area contributed by atoms with Crippen molar-refractivity contribution in [1.29, 1.82) is 0 Å². The number of benzene rings is 2. The van der Waals surface area contributed by atoms with Gasteiger partial charge in [0, 0.05) is 25.9 Å². The van der Waals surface area contributed by atoms with E-state index in [0.29, 0.717) is 61.7 Å². The van der Waals surface area contributed by atoms with Gasteiger partial charge in [0.1, 0.15) is 0 Å². The first-order valence-electron chi connectivity index (χ1n) is 10.5. The molecule has 0 aliphatic heterocycles. The molecule has 0 radical (unpaired) electrons. The second-order valence-corrected chi connectivity index (χ2v) is 7.54. The second-order valence-electron chi connectivity index (χ2n) is 7.17. The third kappa shape index (κ3) is 8.50. The molecular formula is C24H31ClN2O4. The number of nitrogens with one attached hydrogen (secondary N) is 2. The highest BCUT2D eigenvalue weighted by Gasteiger charge is 2.13. The normalized spacial score (nSPS) is 10.4. The molecule has 7 heteroatoms. The van der Waals surface area contributed by atoms with E-state index >= 15 is 0 Å². The third-order valence-corrected chi connectivity index (χ3v) is 5.33. The summed E-state index contributed by atoms with van der Waals surface area (Å²) < 4.78 is 10.5. The molecule has 0 fully saturated rings. The minimum absolute atomic E-state index is 0.0268. The Morgan fingerprint density at radius 2 is 1.45 bits per heavy atom. The van der Waals surface area contributed by atoms with Gasteiger partial charge in [0.2, 0.25) is 11.8 Å². The first kappa shape index (κ1) is 24.5. The number of rotatable bonds is 13. The van der Waals surface area contributed by atoms with Crippen molar-refractivity contribution in [3.8, 4) is 11.5 Å². The maximum atomic E-state index is 12.0. The molecule has 2 rings (SSSR count). The van der Waals surface area contributed by atoms with E-state index in [2.05, 4.69) is 10.6 Å². The van der Waals surface area contributed by atoms with Gasteiger partial charge in [-0.15, -0.1) is 0 Å². The van der Waals surface area contributed by atoms with E-state index in [9.17, 15) is 9.59 Å². The van der Waals surface area contributed by atoms with Gasteiger partial charge in [-0.2, -0.15) is 0 Å². The van der Waals surface area contributed by atoms with E-state index in [-0.39, 0.29) is 11.8 Å². The van der Waals surface area contributed by atoms with Gasteiger partial charge >= 0.3 is 0 Å². The number of unbranched alkanes of at least 4 members (excludes halogenated alkanes) is 1. The molecule has 2 amide bonds. The fourth-order valence-corrected chi connectivity index (χ4v) is 3.53. The lowest BCUT2D eigenvalue weighted by molar-refractivity contribution is -0.123. The Balaban J connectivity index is 1.57. The highest BCUT2D eigenvalue weighted by molar-refractivity contribution is 6.33. The molecule has 0 saturated heterocycles. The predicted molar refractivity (Wildman–Crippen MR) is 123 cm³/mol. The maximum Gasteiger partial charge on any atom is 0.220 e. The third-order valence-electron chi connectivity index (χ3n) is 4.92. The average molecular weight is 447 g/mol. The quantitative estimate of drug-likeness (QED) is 0.457. The molecule has 31 heavy (non-hydrogen) atoms. The summed E-state index contributed by atoms with van der Waals surface area (Å²) in [6.45, 7) is 1.11. The van der Waals surface area contributed by atoms with Crippen LogP contribution in [0.4, 0.5) is 0 Å². The summed E-state index contributed by atoms with van der Waals surface area (Å²) in [5.41, 5.74) is 2.08. The van der Waals surface area contributed by atoms with Crippen LogP contribution in [0.25, 0.3) is 0 Å². The SMILES string of the molecule is COc1ccc(CCNC(=O)CCCCC(=O)NCCc2ccccc2)c(Cl)c1OC. The minimum Gasteiger partial charge on any atom is -0.493 e. The summed E-state index contributed by atoms with van der Waals surface area (Å²) in [6.07, 6.45) is 3.61. The average Bonchev–Trinajstić information content (AvgIpc) is 2.78. The number of hydrogen-bond donors (Lipinski definition) is 2. The van der Waals surface area contributed by atoms with E-state index in [1.807, 2.05) is 36.4 Å². The molecule has 2 N–H and O–H groups in total. The van der Waals surface area contributed by atoms with Gasteiger partial charge in [0.25, 0.3) is 0 Å². The number of ether oxygens (including phenoxy) is 2. The lowest BCUT2D eigenvalue weighted by atomic mass is 10.1. The molecule has 0 saturated carbocycles. The number of halogens is 1. The van der Waals surface area contributed by atoms with Crippen LogP contribution in [-0.2, 0) is 22.4 Å². The van der Waals surface area contributed by atoms with Crippen LogP contribution in [0.2, 0.25) is 5.02 Å². The summed E-state index contributed by atoms with van der Waals surface area (Å²) in [5.74, 6) is 1.07. The van der Waals surface area contributed by atoms with Crippen molar-refractivity contribution in [3.05, 3.63) is 58.6 Å². The van der Waals surface area contributed by atoms with Crippen LogP contribution < -0.4 is 20.1 Å². The van der Waals surface area contributed by atoms with Crippen molar-refractivity contribution in [2.75, 3.05) is 27.3 Å². The summed E-state index contributed by atoms with van der Waals surface area (Å²) in [7, 11) is 3.10. The summed E-state index contributed by atoms with van der Waals surface area (Å²) in [6, 6.07) is 13.7. The van der Waals surface area contributed by atoms with Crippen LogP contribution in [0, 0.1) is 0 Å². The van der Waals surface area contributed by atoms with Crippen molar-refractivity contribution >= 4 is 23.4 Å². The Bertz CT molecular complexity index is 843. The standard InChI is InChI=1S/C24H31ClN2O4/c1-30-20-13-12-19(23(25)24(20)31-2)15-17-27-22(29)11-7-6-10-21(28)26-16-14-18-8-4-3-5-9-18/h3-5,8-9,12-13H,6-7,10-11,14-17H2,1-2H3,(H,26,28)(H,27,29). The number of amides is 2. The zero-order valence-corrected chi connectivity index (χ0v) is 19.0. The first-order chi connectivity index (χ1) is 15.0. The Labute approximate surface area is 189 Å². The second kappa shape index (κ2) is 13.5. The number of carbonyl (C=O) groups is 2. The van der Waals surface area contributed by atoms with Crippen molar-refractivity contribution in [2.24, 2.45) is 0 Å². The van der Waals surface area contributed by atoms with Gasteiger partial charge in [-0.3, -0.25) is 9.59 Å². The Morgan fingerprint density at radius 3 is 2.03 bits per heavy atom. The zero-order valence-electron chi connectivity index (χ0n) is 18.2. The largest absolute Gasteiger partial charge is 0.493 e. The van der Waals surface area contributed by atoms with Crippen molar-refractivity contribution < 1.29 is 19.1 Å². The van der Waals surface area contributed by atoms with Crippen molar-refractivity contribution in [3.63, 3.8) is 0 Å². The first-order valence-corrected chi connectivity index (χ1v) is 10.9. The van der Waals surface area contributed by atoms with E-state index in [0.717, 1.165) is 12.0 Å². The smallest absolute Gasteiger partial charge is 0.220 e. The molecule has 0 atom stereocenters. The lowest BCUT2D eigenvalue weighted by Gasteiger charge is -2.13. The number of hydrogen-bond acceptors (Lipinski definition) is 4. The van der Waals surface area contributed by atoms with Gasteiger partial charge in [0.15, 0.2) is 11.5 Å². The monoisotopic (exact) mass is 446 g/mol. The highest BCUT2D eigenvalue weighted by Crippen LogP contribution is 2.37. The van der Waals surface area contributed by atoms with E-state index in [1.54, 1.807) is 20.3 Å². The Kier molecular flexibility index (Phi) is 10.7. The van der Waals surface area contributed by atoms with Crippen LogP contribution >= 0.6 is 11.6 Å². The van der Waals surface area contributed by atoms with Gasteiger partial charge in [-0.1, -0.05) is 48.0 Å². The summed E-state index contributed by atoms with van der Waals surface area (Å²) >= 11 is 6.36. The fraction of sp³-hybridized carbons (Fsp3) is 0.417. The predicted octanol–water partition coefficient (Wildman–Crippen LogP) is 3.94. The maximum absolute atomic E-state index is 12.0. The lowest BCUT2D eigenvalue weighted by Crippen LogP contribution is -2.26. The molecular weight excluding hydrogens is 416 g/mol. The van der Waals surface area contributed by atoms with E-state index in [4.69, 9.17) is 21.1 Å². The molecule has 0 aliphatic rings. The molecule has 0 aliphatic carbocycles. The molecule has 2 aromatic carbocycles. The molecule has 2 aromatic rings. The van der Waals surface area contributed by atoms with Crippen LogP contribution in [0.5, 0.6) is 11.5 Å². The Hall–Kier alpha value is -2.73. The van der Waals surface area contributed by atoms with Gasteiger partial charge < -0.3 is 20.1 Å². The molecule has 0 aromatic heterocycles. The van der Waals surface area contributed by atoms with Crippen molar-refractivity contribution in [1.82, 2.24) is 10.6 Å². The fourth-order valence-electron chi connectivity index (χ4n) is 3.20. The molecule has 168 valence electrons. The van der Waals surface area contributed by atoms with Crippen LogP contribution in [0.15, 0.2) is 42.5 Å². The summed E-state index contributed by atoms with van der Waals surface area (Å²) in [4.78, 5) is 23.9. The number of carbonyl (C=O) groups excluding carboxylic acids is 2. The van der Waals surface area contributed by atoms with Crippen LogP contribution in [-0.4, -0.2) is 39.1 Å². The molecule has 0 bridgehead atoms. The molecule has 0 heterocycles. The zero-order chi connectivity index (χ0) is 22.5. The molecule has 0 spiro atoms. The molecule has 6 nitrogen and oxygen atoms in total. The van der Waals surface area contributed by atoms with Crippen LogP contribution in [0.1, 0.15) is 36.8 Å². The Morgan fingerprint density at radius 1 is 0.839 bits per heavy atom. The van der Waals surface area contributed by atoms with Gasteiger partial charge in [0.05, 0.1) is 19.2 Å². The van der Waals surface area contributed by atoms with Crippen molar-refractivity contribution in [2.45, 2.75) is 38.5 Å².